The number of carbonyl (C=O) groups is 1. The molecule has 5 nitrogen and oxygen atoms in total. The number of halogens is 3. The predicted octanol–water partition coefficient (Wildman–Crippen LogP) is 5.79. The van der Waals surface area contributed by atoms with Gasteiger partial charge in [-0.1, -0.05) is 43.7 Å². The number of amides is 1. The molecule has 0 unspecified atom stereocenters. The second-order valence-electron chi connectivity index (χ2n) is 8.54. The average molecular weight is 473 g/mol. The Kier molecular flexibility index (Phi) is 6.95. The Balaban J connectivity index is 1.40. The van der Waals surface area contributed by atoms with Gasteiger partial charge in [-0.2, -0.15) is 13.2 Å². The van der Waals surface area contributed by atoms with Gasteiger partial charge in [0.25, 0.3) is 0 Å². The summed E-state index contributed by atoms with van der Waals surface area (Å²) < 4.78 is 50.4. The number of aryl methyl sites for hydroxylation is 1. The van der Waals surface area contributed by atoms with E-state index in [1.54, 1.807) is 0 Å². The molecule has 34 heavy (non-hydrogen) atoms. The Labute approximate surface area is 196 Å². The monoisotopic (exact) mass is 472 g/mol. The van der Waals surface area contributed by atoms with Crippen LogP contribution in [0.4, 0.5) is 13.2 Å². The first-order valence-electron chi connectivity index (χ1n) is 11.4. The number of likely N-dealkylation sites (tertiary alicyclic amines) is 1. The molecule has 0 radical (unpaired) electrons. The highest BCUT2D eigenvalue weighted by molar-refractivity contribution is 5.82. The lowest BCUT2D eigenvalue weighted by molar-refractivity contribution is -0.184. The fraction of sp³-hybridized carbons (Fsp3) is 0.385. The standard InChI is InChI=1S/C26H27F3N2O3/c1-3-18-15-31(25(32)26(27,28)29)16-22(18)20-10-7-11-21(14-20)33-13-12-23-17(2)34-24(30-23)19-8-5-4-6-9-19/h4-11,14,18,22H,3,12-13,15-16H2,1-2H3/t18-,22+/m1/s1. The van der Waals surface area contributed by atoms with E-state index in [1.807, 2.05) is 68.4 Å². The molecule has 1 aromatic heterocycles. The number of oxazole rings is 1. The lowest BCUT2D eigenvalue weighted by Gasteiger charge is -2.18. The Morgan fingerprint density at radius 2 is 1.91 bits per heavy atom. The van der Waals surface area contributed by atoms with E-state index in [9.17, 15) is 18.0 Å². The van der Waals surface area contributed by atoms with Crippen molar-refractivity contribution in [3.05, 3.63) is 71.6 Å². The number of hydrogen-bond acceptors (Lipinski definition) is 4. The third-order valence-corrected chi connectivity index (χ3v) is 6.30. The average Bonchev–Trinajstić information content (AvgIpc) is 3.42. The lowest BCUT2D eigenvalue weighted by atomic mass is 9.87. The molecule has 1 saturated heterocycles. The zero-order chi connectivity index (χ0) is 24.3. The van der Waals surface area contributed by atoms with Crippen molar-refractivity contribution < 1.29 is 27.1 Å². The molecule has 1 fully saturated rings. The van der Waals surface area contributed by atoms with Crippen molar-refractivity contribution in [1.29, 1.82) is 0 Å². The van der Waals surface area contributed by atoms with Crippen LogP contribution in [0.25, 0.3) is 11.5 Å². The molecule has 0 spiro atoms. The first-order valence-corrected chi connectivity index (χ1v) is 11.4. The van der Waals surface area contributed by atoms with Gasteiger partial charge in [-0.15, -0.1) is 0 Å². The van der Waals surface area contributed by atoms with Gasteiger partial charge in [-0.25, -0.2) is 4.98 Å². The Hall–Kier alpha value is -3.29. The van der Waals surface area contributed by atoms with Crippen LogP contribution < -0.4 is 4.74 Å². The molecule has 0 aliphatic carbocycles. The van der Waals surface area contributed by atoms with Gasteiger partial charge in [-0.05, 0) is 42.7 Å². The van der Waals surface area contributed by atoms with Gasteiger partial charge in [0.1, 0.15) is 11.5 Å². The summed E-state index contributed by atoms with van der Waals surface area (Å²) >= 11 is 0. The molecular formula is C26H27F3N2O3. The molecule has 2 atom stereocenters. The fourth-order valence-corrected chi connectivity index (χ4v) is 4.47. The van der Waals surface area contributed by atoms with E-state index >= 15 is 0 Å². The Morgan fingerprint density at radius 1 is 1.15 bits per heavy atom. The molecule has 8 heteroatoms. The zero-order valence-corrected chi connectivity index (χ0v) is 19.1. The van der Waals surface area contributed by atoms with Crippen LogP contribution in [-0.2, 0) is 11.2 Å². The summed E-state index contributed by atoms with van der Waals surface area (Å²) in [6.45, 7) is 4.35. The van der Waals surface area contributed by atoms with Crippen molar-refractivity contribution in [1.82, 2.24) is 9.88 Å². The van der Waals surface area contributed by atoms with Crippen LogP contribution in [0.5, 0.6) is 5.75 Å². The highest BCUT2D eigenvalue weighted by Gasteiger charge is 2.46. The van der Waals surface area contributed by atoms with Gasteiger partial charge in [0.05, 0.1) is 12.3 Å². The van der Waals surface area contributed by atoms with Crippen LogP contribution in [0, 0.1) is 12.8 Å². The first-order chi connectivity index (χ1) is 16.3. The maximum atomic E-state index is 12.9. The van der Waals surface area contributed by atoms with Crippen LogP contribution in [0.15, 0.2) is 59.0 Å². The molecule has 1 aliphatic heterocycles. The second-order valence-corrected chi connectivity index (χ2v) is 8.54. The maximum Gasteiger partial charge on any atom is 0.471 e. The smallest absolute Gasteiger partial charge is 0.471 e. The van der Waals surface area contributed by atoms with Crippen LogP contribution >= 0.6 is 0 Å². The van der Waals surface area contributed by atoms with Crippen molar-refractivity contribution in [3.63, 3.8) is 0 Å². The normalized spacial score (nSPS) is 18.3. The van der Waals surface area contributed by atoms with Crippen LogP contribution in [0.1, 0.15) is 36.3 Å². The molecule has 2 heterocycles. The minimum atomic E-state index is -4.85. The quantitative estimate of drug-likeness (QED) is 0.437. The van der Waals surface area contributed by atoms with Crippen LogP contribution in [-0.4, -0.2) is 41.7 Å². The number of nitrogens with zero attached hydrogens (tertiary/aromatic N) is 2. The van der Waals surface area contributed by atoms with Crippen LogP contribution in [0.3, 0.4) is 0 Å². The van der Waals surface area contributed by atoms with E-state index in [0.29, 0.717) is 31.1 Å². The van der Waals surface area contributed by atoms with Crippen molar-refractivity contribution in [2.24, 2.45) is 5.92 Å². The molecule has 0 saturated carbocycles. The van der Waals surface area contributed by atoms with E-state index in [-0.39, 0.29) is 24.9 Å². The number of rotatable bonds is 7. The summed E-state index contributed by atoms with van der Waals surface area (Å²) in [5.74, 6) is -0.0137. The van der Waals surface area contributed by atoms with Crippen molar-refractivity contribution >= 4 is 5.91 Å². The number of hydrogen-bond donors (Lipinski definition) is 0. The van der Waals surface area contributed by atoms with Gasteiger partial charge in [0, 0.05) is 31.0 Å². The van der Waals surface area contributed by atoms with E-state index in [1.165, 1.54) is 0 Å². The van der Waals surface area contributed by atoms with Crippen molar-refractivity contribution in [2.75, 3.05) is 19.7 Å². The fourth-order valence-electron chi connectivity index (χ4n) is 4.47. The highest BCUT2D eigenvalue weighted by Crippen LogP contribution is 2.37. The number of ether oxygens (including phenoxy) is 1. The first kappa shape index (κ1) is 23.9. The highest BCUT2D eigenvalue weighted by atomic mass is 19.4. The van der Waals surface area contributed by atoms with Crippen molar-refractivity contribution in [2.45, 2.75) is 38.8 Å². The molecule has 0 bridgehead atoms. The molecule has 0 N–H and O–H groups in total. The number of aromatic nitrogens is 1. The predicted molar refractivity (Wildman–Crippen MR) is 121 cm³/mol. The zero-order valence-electron chi connectivity index (χ0n) is 19.1. The van der Waals surface area contributed by atoms with E-state index in [2.05, 4.69) is 4.98 Å². The Morgan fingerprint density at radius 3 is 2.62 bits per heavy atom. The number of carbonyl (C=O) groups excluding carboxylic acids is 1. The summed E-state index contributed by atoms with van der Waals surface area (Å²) in [6.07, 6.45) is -3.61. The third-order valence-electron chi connectivity index (χ3n) is 6.30. The molecule has 1 aliphatic rings. The summed E-state index contributed by atoms with van der Waals surface area (Å²) in [4.78, 5) is 17.2. The number of alkyl halides is 3. The topological polar surface area (TPSA) is 55.6 Å². The number of benzene rings is 2. The summed E-state index contributed by atoms with van der Waals surface area (Å²) in [5, 5.41) is 0. The second kappa shape index (κ2) is 9.91. The van der Waals surface area contributed by atoms with Crippen molar-refractivity contribution in [3.8, 4) is 17.2 Å². The van der Waals surface area contributed by atoms with Crippen LogP contribution in [0.2, 0.25) is 0 Å². The van der Waals surface area contributed by atoms with Gasteiger partial charge < -0.3 is 14.1 Å². The maximum absolute atomic E-state index is 12.9. The molecule has 2 aromatic carbocycles. The summed E-state index contributed by atoms with van der Waals surface area (Å²) in [6, 6.07) is 17.1. The van der Waals surface area contributed by atoms with E-state index in [0.717, 1.165) is 27.5 Å². The third kappa shape index (κ3) is 5.26. The molecular weight excluding hydrogens is 445 g/mol. The molecule has 3 aromatic rings. The largest absolute Gasteiger partial charge is 0.493 e. The minimum absolute atomic E-state index is 0.0317. The van der Waals surface area contributed by atoms with Gasteiger partial charge in [0.15, 0.2) is 0 Å². The van der Waals surface area contributed by atoms with Gasteiger partial charge in [-0.3, -0.25) is 4.79 Å². The summed E-state index contributed by atoms with van der Waals surface area (Å²) in [5.41, 5.74) is 2.61. The lowest BCUT2D eigenvalue weighted by Crippen LogP contribution is -2.39. The van der Waals surface area contributed by atoms with Gasteiger partial charge >= 0.3 is 12.1 Å². The van der Waals surface area contributed by atoms with E-state index < -0.39 is 12.1 Å². The molecule has 4 rings (SSSR count). The van der Waals surface area contributed by atoms with Gasteiger partial charge in [0.2, 0.25) is 5.89 Å². The minimum Gasteiger partial charge on any atom is -0.493 e. The molecule has 180 valence electrons. The Bertz CT molecular complexity index is 1130. The SMILES string of the molecule is CC[C@@H]1CN(C(=O)C(F)(F)F)C[C@@H]1c1cccc(OCCc2nc(-c3ccccc3)oc2C)c1. The summed E-state index contributed by atoms with van der Waals surface area (Å²) in [7, 11) is 0. The molecule has 1 amide bonds. The van der Waals surface area contributed by atoms with E-state index in [4.69, 9.17) is 9.15 Å².